The molecule has 1 aromatic carbocycles. The van der Waals surface area contributed by atoms with Crippen molar-refractivity contribution in [2.24, 2.45) is 11.8 Å². The van der Waals surface area contributed by atoms with Crippen LogP contribution < -0.4 is 0 Å². The SMILES string of the molecule is CCOC(=O)[C@H]1C(=O)C[C@](C)(O)[C@@H](C(=O)OCC)[C@H]1c1ccc(Cl)c(Cl)c1. The molecule has 0 bridgehead atoms. The highest BCUT2D eigenvalue weighted by Crippen LogP contribution is 2.47. The Balaban J connectivity index is 2.64. The van der Waals surface area contributed by atoms with Crippen molar-refractivity contribution in [3.05, 3.63) is 33.8 Å². The standard InChI is InChI=1S/C19H22Cl2O6/c1-4-26-17(23)15-13(22)9-19(3,25)16(18(24)27-5-2)14(15)10-6-7-11(20)12(21)8-10/h6-8,14-16,25H,4-5,9H2,1-3H3/t14-,15-,16+,19-/m0/s1. The molecule has 0 amide bonds. The van der Waals surface area contributed by atoms with Crippen molar-refractivity contribution in [2.75, 3.05) is 13.2 Å². The van der Waals surface area contributed by atoms with Crippen LogP contribution in [0.5, 0.6) is 0 Å². The molecular formula is C19H22Cl2O6. The number of aliphatic hydroxyl groups is 1. The lowest BCUT2D eigenvalue weighted by Crippen LogP contribution is -2.55. The van der Waals surface area contributed by atoms with Gasteiger partial charge in [0.1, 0.15) is 5.92 Å². The van der Waals surface area contributed by atoms with Gasteiger partial charge in [0.2, 0.25) is 0 Å². The lowest BCUT2D eigenvalue weighted by Gasteiger charge is -2.43. The van der Waals surface area contributed by atoms with Gasteiger partial charge in [0, 0.05) is 12.3 Å². The van der Waals surface area contributed by atoms with E-state index in [1.165, 1.54) is 19.1 Å². The van der Waals surface area contributed by atoms with Crippen LogP contribution in [0.4, 0.5) is 0 Å². The summed E-state index contributed by atoms with van der Waals surface area (Å²) >= 11 is 12.1. The van der Waals surface area contributed by atoms with Crippen molar-refractivity contribution in [1.29, 1.82) is 0 Å². The maximum atomic E-state index is 12.7. The quantitative estimate of drug-likeness (QED) is 0.585. The molecule has 1 fully saturated rings. The predicted octanol–water partition coefficient (Wildman–Crippen LogP) is 3.16. The van der Waals surface area contributed by atoms with Crippen molar-refractivity contribution in [2.45, 2.75) is 38.7 Å². The van der Waals surface area contributed by atoms with E-state index < -0.39 is 41.1 Å². The summed E-state index contributed by atoms with van der Waals surface area (Å²) in [6.45, 7) is 4.82. The van der Waals surface area contributed by atoms with Crippen LogP contribution in [-0.2, 0) is 23.9 Å². The Morgan fingerprint density at radius 1 is 1.15 bits per heavy atom. The molecular weight excluding hydrogens is 395 g/mol. The van der Waals surface area contributed by atoms with Crippen molar-refractivity contribution in [3.8, 4) is 0 Å². The second kappa shape index (κ2) is 8.59. The lowest BCUT2D eigenvalue weighted by atomic mass is 9.62. The fraction of sp³-hybridized carbons (Fsp3) is 0.526. The minimum Gasteiger partial charge on any atom is -0.466 e. The number of carbonyl (C=O) groups is 3. The first kappa shape index (κ1) is 21.7. The number of halogens is 2. The van der Waals surface area contributed by atoms with Gasteiger partial charge in [-0.05, 0) is 38.5 Å². The van der Waals surface area contributed by atoms with E-state index in [1.807, 2.05) is 0 Å². The highest BCUT2D eigenvalue weighted by Gasteiger charge is 2.57. The van der Waals surface area contributed by atoms with Gasteiger partial charge < -0.3 is 14.6 Å². The smallest absolute Gasteiger partial charge is 0.317 e. The maximum Gasteiger partial charge on any atom is 0.317 e. The molecule has 6 nitrogen and oxygen atoms in total. The third kappa shape index (κ3) is 4.45. The monoisotopic (exact) mass is 416 g/mol. The average Bonchev–Trinajstić information content (AvgIpc) is 2.56. The predicted molar refractivity (Wildman–Crippen MR) is 99.7 cm³/mol. The van der Waals surface area contributed by atoms with Crippen LogP contribution in [0.3, 0.4) is 0 Å². The number of Topliss-reactive ketones (excluding diaryl/α,β-unsaturated/α-hetero) is 1. The molecule has 27 heavy (non-hydrogen) atoms. The summed E-state index contributed by atoms with van der Waals surface area (Å²) in [4.78, 5) is 37.9. The molecule has 8 heteroatoms. The van der Waals surface area contributed by atoms with E-state index in [0.29, 0.717) is 5.56 Å². The number of benzene rings is 1. The summed E-state index contributed by atoms with van der Waals surface area (Å²) in [7, 11) is 0. The fourth-order valence-corrected chi connectivity index (χ4v) is 3.91. The Bertz CT molecular complexity index is 746. The molecule has 4 atom stereocenters. The topological polar surface area (TPSA) is 89.9 Å². The van der Waals surface area contributed by atoms with Gasteiger partial charge in [-0.15, -0.1) is 0 Å². The molecule has 1 aliphatic carbocycles. The van der Waals surface area contributed by atoms with Crippen LogP contribution in [-0.4, -0.2) is 41.6 Å². The van der Waals surface area contributed by atoms with Crippen LogP contribution in [0.25, 0.3) is 0 Å². The highest BCUT2D eigenvalue weighted by molar-refractivity contribution is 6.42. The van der Waals surface area contributed by atoms with Gasteiger partial charge in [0.15, 0.2) is 5.78 Å². The van der Waals surface area contributed by atoms with Gasteiger partial charge in [0.25, 0.3) is 0 Å². The molecule has 0 saturated heterocycles. The van der Waals surface area contributed by atoms with E-state index in [-0.39, 0.29) is 29.7 Å². The molecule has 0 spiro atoms. The summed E-state index contributed by atoms with van der Waals surface area (Å²) in [5, 5.41) is 11.3. The molecule has 1 saturated carbocycles. The Kier molecular flexibility index (Phi) is 6.89. The number of ketones is 1. The third-order valence-corrected chi connectivity index (χ3v) is 5.42. The molecule has 0 aromatic heterocycles. The van der Waals surface area contributed by atoms with Crippen molar-refractivity contribution < 1.29 is 29.0 Å². The van der Waals surface area contributed by atoms with E-state index in [1.54, 1.807) is 19.9 Å². The van der Waals surface area contributed by atoms with Gasteiger partial charge in [0.05, 0.1) is 34.8 Å². The summed E-state index contributed by atoms with van der Waals surface area (Å²) < 4.78 is 10.2. The molecule has 0 radical (unpaired) electrons. The average molecular weight is 417 g/mol. The van der Waals surface area contributed by atoms with Crippen LogP contribution in [0, 0.1) is 11.8 Å². The van der Waals surface area contributed by atoms with E-state index >= 15 is 0 Å². The van der Waals surface area contributed by atoms with Crippen LogP contribution >= 0.6 is 23.2 Å². The molecule has 1 aromatic rings. The van der Waals surface area contributed by atoms with Gasteiger partial charge in [-0.3, -0.25) is 14.4 Å². The summed E-state index contributed by atoms with van der Waals surface area (Å²) in [6.07, 6.45) is -0.363. The zero-order valence-corrected chi connectivity index (χ0v) is 16.8. The molecule has 148 valence electrons. The second-order valence-electron chi connectivity index (χ2n) is 6.66. The number of esters is 2. The van der Waals surface area contributed by atoms with E-state index in [2.05, 4.69) is 0 Å². The number of ether oxygens (including phenoxy) is 2. The van der Waals surface area contributed by atoms with Gasteiger partial charge >= 0.3 is 11.9 Å². The molecule has 0 aliphatic heterocycles. The van der Waals surface area contributed by atoms with E-state index in [0.717, 1.165) is 0 Å². The van der Waals surface area contributed by atoms with E-state index in [4.69, 9.17) is 32.7 Å². The first-order valence-electron chi connectivity index (χ1n) is 8.67. The second-order valence-corrected chi connectivity index (χ2v) is 7.47. The normalized spacial score (nSPS) is 27.9. The van der Waals surface area contributed by atoms with Crippen molar-refractivity contribution in [1.82, 2.24) is 0 Å². The molecule has 1 aliphatic rings. The molecule has 2 rings (SSSR count). The highest BCUT2D eigenvalue weighted by atomic mass is 35.5. The number of rotatable bonds is 5. The third-order valence-electron chi connectivity index (χ3n) is 4.68. The lowest BCUT2D eigenvalue weighted by molar-refractivity contribution is -0.172. The molecule has 0 unspecified atom stereocenters. The molecule has 1 N–H and O–H groups in total. The first-order chi connectivity index (χ1) is 12.6. The largest absolute Gasteiger partial charge is 0.466 e. The summed E-state index contributed by atoms with van der Waals surface area (Å²) in [5.41, 5.74) is -1.27. The fourth-order valence-electron chi connectivity index (χ4n) is 3.60. The van der Waals surface area contributed by atoms with E-state index in [9.17, 15) is 19.5 Å². The Morgan fingerprint density at radius 2 is 1.74 bits per heavy atom. The number of carbonyl (C=O) groups excluding carboxylic acids is 3. The zero-order valence-electron chi connectivity index (χ0n) is 15.3. The summed E-state index contributed by atoms with van der Waals surface area (Å²) in [6, 6.07) is 4.57. The molecule has 0 heterocycles. The van der Waals surface area contributed by atoms with Gasteiger partial charge in [-0.25, -0.2) is 0 Å². The minimum absolute atomic E-state index is 0.0805. The van der Waals surface area contributed by atoms with Gasteiger partial charge in [-0.1, -0.05) is 29.3 Å². The zero-order chi connectivity index (χ0) is 20.4. The van der Waals surface area contributed by atoms with Crippen LogP contribution in [0.1, 0.15) is 38.7 Å². The number of hydrogen-bond donors (Lipinski definition) is 1. The van der Waals surface area contributed by atoms with Crippen molar-refractivity contribution >= 4 is 40.9 Å². The van der Waals surface area contributed by atoms with Gasteiger partial charge in [-0.2, -0.15) is 0 Å². The Morgan fingerprint density at radius 3 is 2.30 bits per heavy atom. The first-order valence-corrected chi connectivity index (χ1v) is 9.42. The Labute approximate surface area is 167 Å². The number of hydrogen-bond acceptors (Lipinski definition) is 6. The summed E-state index contributed by atoms with van der Waals surface area (Å²) in [5.74, 6) is -5.34. The van der Waals surface area contributed by atoms with Crippen LogP contribution in [0.15, 0.2) is 18.2 Å². The van der Waals surface area contributed by atoms with Crippen LogP contribution in [0.2, 0.25) is 10.0 Å². The van der Waals surface area contributed by atoms with Crippen molar-refractivity contribution in [3.63, 3.8) is 0 Å². The Hall–Kier alpha value is -1.63. The minimum atomic E-state index is -1.69. The maximum absolute atomic E-state index is 12.7.